The molecule has 0 aliphatic carbocycles. The fourth-order valence-corrected chi connectivity index (χ4v) is 2.07. The van der Waals surface area contributed by atoms with E-state index in [9.17, 15) is 14.4 Å². The summed E-state index contributed by atoms with van der Waals surface area (Å²) in [6.07, 6.45) is 0.246. The van der Waals surface area contributed by atoms with Gasteiger partial charge >= 0.3 is 0 Å². The molecule has 0 atom stereocenters. The highest BCUT2D eigenvalue weighted by Gasteiger charge is 2.23. The van der Waals surface area contributed by atoms with E-state index in [1.54, 1.807) is 4.90 Å². The molecule has 0 saturated carbocycles. The maximum atomic E-state index is 11.7. The zero-order valence-corrected chi connectivity index (χ0v) is 12.2. The topological polar surface area (TPSA) is 145 Å². The molecule has 0 aromatic carbocycles. The zero-order chi connectivity index (χ0) is 16.1. The SMILES string of the molecule is CC(=O)NCCNC(=O)CCN1CNc2c1nc(N)[nH]c2=O. The van der Waals surface area contributed by atoms with Crippen LogP contribution in [-0.2, 0) is 9.59 Å². The number of aromatic amines is 1. The first-order valence-electron chi connectivity index (χ1n) is 6.87. The minimum absolute atomic E-state index is 0.0391. The molecule has 10 heteroatoms. The number of fused-ring (bicyclic) bond motifs is 1. The molecule has 0 saturated heterocycles. The van der Waals surface area contributed by atoms with E-state index in [2.05, 4.69) is 25.9 Å². The Balaban J connectivity index is 1.81. The molecule has 0 bridgehead atoms. The molecule has 0 spiro atoms. The number of rotatable bonds is 6. The van der Waals surface area contributed by atoms with Crippen molar-refractivity contribution in [3.8, 4) is 0 Å². The van der Waals surface area contributed by atoms with Crippen molar-refractivity contribution in [1.29, 1.82) is 0 Å². The number of hydrogen-bond donors (Lipinski definition) is 5. The summed E-state index contributed by atoms with van der Waals surface area (Å²) >= 11 is 0. The predicted molar refractivity (Wildman–Crippen MR) is 81.4 cm³/mol. The molecule has 120 valence electrons. The number of H-pyrrole nitrogens is 1. The average molecular weight is 309 g/mol. The summed E-state index contributed by atoms with van der Waals surface area (Å²) in [5, 5.41) is 8.20. The molecule has 2 rings (SSSR count). The van der Waals surface area contributed by atoms with Crippen molar-refractivity contribution in [1.82, 2.24) is 20.6 Å². The first-order valence-corrected chi connectivity index (χ1v) is 6.87. The van der Waals surface area contributed by atoms with Crippen molar-refractivity contribution in [2.75, 3.05) is 42.3 Å². The predicted octanol–water partition coefficient (Wildman–Crippen LogP) is -1.82. The molecule has 22 heavy (non-hydrogen) atoms. The van der Waals surface area contributed by atoms with E-state index in [4.69, 9.17) is 5.73 Å². The van der Waals surface area contributed by atoms with Crippen LogP contribution in [0, 0.1) is 0 Å². The molecule has 6 N–H and O–H groups in total. The molecule has 0 radical (unpaired) electrons. The monoisotopic (exact) mass is 309 g/mol. The molecule has 1 aromatic heterocycles. The number of nitrogens with two attached hydrogens (primary N) is 1. The summed E-state index contributed by atoms with van der Waals surface area (Å²) in [5.41, 5.74) is 5.55. The third-order valence-electron chi connectivity index (χ3n) is 3.09. The van der Waals surface area contributed by atoms with Gasteiger partial charge in [-0.05, 0) is 0 Å². The van der Waals surface area contributed by atoms with E-state index in [0.717, 1.165) is 0 Å². The van der Waals surface area contributed by atoms with Crippen LogP contribution in [-0.4, -0.2) is 48.1 Å². The van der Waals surface area contributed by atoms with Crippen LogP contribution in [0.2, 0.25) is 0 Å². The molecule has 2 amide bonds. The van der Waals surface area contributed by atoms with Crippen molar-refractivity contribution >= 4 is 29.3 Å². The number of anilines is 3. The Morgan fingerprint density at radius 2 is 2.09 bits per heavy atom. The molecular formula is C12H19N7O3. The molecule has 0 fully saturated rings. The lowest BCUT2D eigenvalue weighted by molar-refractivity contribution is -0.122. The number of amides is 2. The lowest BCUT2D eigenvalue weighted by atomic mass is 10.3. The fourth-order valence-electron chi connectivity index (χ4n) is 2.07. The Morgan fingerprint density at radius 3 is 2.82 bits per heavy atom. The largest absolute Gasteiger partial charge is 0.369 e. The maximum absolute atomic E-state index is 11.7. The zero-order valence-electron chi connectivity index (χ0n) is 12.2. The number of nitrogens with zero attached hydrogens (tertiary/aromatic N) is 2. The van der Waals surface area contributed by atoms with E-state index in [0.29, 0.717) is 37.8 Å². The van der Waals surface area contributed by atoms with E-state index in [1.165, 1.54) is 6.92 Å². The van der Waals surface area contributed by atoms with Gasteiger partial charge in [0.1, 0.15) is 5.69 Å². The van der Waals surface area contributed by atoms with Crippen LogP contribution in [0.25, 0.3) is 0 Å². The quantitative estimate of drug-likeness (QED) is 0.389. The highest BCUT2D eigenvalue weighted by atomic mass is 16.2. The van der Waals surface area contributed by atoms with Gasteiger partial charge in [0, 0.05) is 33.0 Å². The smallest absolute Gasteiger partial charge is 0.277 e. The standard InChI is InChI=1S/C12H19N7O3/c1-7(20)14-3-4-15-8(21)2-5-19-6-16-9-10(19)17-12(13)18-11(9)22/h16H,2-6H2,1H3,(H,14,20)(H,15,21)(H3,13,17,18,22). The molecule has 1 aromatic rings. The van der Waals surface area contributed by atoms with Crippen LogP contribution in [0.4, 0.5) is 17.5 Å². The van der Waals surface area contributed by atoms with Gasteiger partial charge in [0.25, 0.3) is 5.56 Å². The van der Waals surface area contributed by atoms with Gasteiger partial charge in [0.15, 0.2) is 5.82 Å². The Morgan fingerprint density at radius 1 is 1.36 bits per heavy atom. The first kappa shape index (κ1) is 15.6. The number of carbonyl (C=O) groups excluding carboxylic acids is 2. The van der Waals surface area contributed by atoms with Crippen molar-refractivity contribution in [2.24, 2.45) is 0 Å². The molecule has 1 aliphatic heterocycles. The summed E-state index contributed by atoms with van der Waals surface area (Å²) in [4.78, 5) is 42.3. The Labute approximate surface area is 126 Å². The maximum Gasteiger partial charge on any atom is 0.277 e. The third kappa shape index (κ3) is 3.87. The second-order valence-corrected chi connectivity index (χ2v) is 4.83. The van der Waals surface area contributed by atoms with Gasteiger partial charge in [0.2, 0.25) is 17.8 Å². The van der Waals surface area contributed by atoms with Gasteiger partial charge in [0.05, 0.1) is 6.67 Å². The lowest BCUT2D eigenvalue weighted by Crippen LogP contribution is -2.35. The molecule has 0 unspecified atom stereocenters. The highest BCUT2D eigenvalue weighted by Crippen LogP contribution is 2.25. The van der Waals surface area contributed by atoms with Crippen LogP contribution in [0.1, 0.15) is 13.3 Å². The summed E-state index contributed by atoms with van der Waals surface area (Å²) in [6.45, 7) is 2.98. The van der Waals surface area contributed by atoms with Gasteiger partial charge in [-0.1, -0.05) is 0 Å². The fraction of sp³-hybridized carbons (Fsp3) is 0.500. The number of aromatic nitrogens is 2. The number of hydrogen-bond acceptors (Lipinski definition) is 7. The average Bonchev–Trinajstić information content (AvgIpc) is 2.84. The molecule has 10 nitrogen and oxygen atoms in total. The molecular weight excluding hydrogens is 290 g/mol. The summed E-state index contributed by atoms with van der Waals surface area (Å²) < 4.78 is 0. The number of nitrogens with one attached hydrogen (secondary N) is 4. The van der Waals surface area contributed by atoms with Crippen LogP contribution in [0.5, 0.6) is 0 Å². The van der Waals surface area contributed by atoms with Crippen LogP contribution >= 0.6 is 0 Å². The van der Waals surface area contributed by atoms with Gasteiger partial charge < -0.3 is 26.6 Å². The highest BCUT2D eigenvalue weighted by molar-refractivity contribution is 5.78. The third-order valence-corrected chi connectivity index (χ3v) is 3.09. The second kappa shape index (κ2) is 6.78. The van der Waals surface area contributed by atoms with Crippen molar-refractivity contribution < 1.29 is 9.59 Å². The number of nitrogen functional groups attached to an aromatic ring is 1. The van der Waals surface area contributed by atoms with Crippen LogP contribution < -0.4 is 32.1 Å². The van der Waals surface area contributed by atoms with Gasteiger partial charge in [-0.15, -0.1) is 0 Å². The van der Waals surface area contributed by atoms with Crippen molar-refractivity contribution in [3.05, 3.63) is 10.4 Å². The van der Waals surface area contributed by atoms with E-state index >= 15 is 0 Å². The summed E-state index contributed by atoms with van der Waals surface area (Å²) in [6, 6.07) is 0. The lowest BCUT2D eigenvalue weighted by Gasteiger charge is -2.16. The Bertz CT molecular complexity index is 628. The Hall–Kier alpha value is -2.78. The van der Waals surface area contributed by atoms with Gasteiger partial charge in [-0.25, -0.2) is 0 Å². The number of carbonyl (C=O) groups is 2. The Kier molecular flexibility index (Phi) is 4.81. The van der Waals surface area contributed by atoms with E-state index in [-0.39, 0.29) is 29.7 Å². The first-order chi connectivity index (χ1) is 10.5. The van der Waals surface area contributed by atoms with Crippen LogP contribution in [0.3, 0.4) is 0 Å². The van der Waals surface area contributed by atoms with Gasteiger partial charge in [-0.2, -0.15) is 4.98 Å². The summed E-state index contributed by atoms with van der Waals surface area (Å²) in [5.74, 6) is 0.212. The van der Waals surface area contributed by atoms with Crippen molar-refractivity contribution in [3.63, 3.8) is 0 Å². The van der Waals surface area contributed by atoms with E-state index < -0.39 is 0 Å². The normalized spacial score (nSPS) is 12.5. The molecule has 1 aliphatic rings. The minimum Gasteiger partial charge on any atom is -0.369 e. The van der Waals surface area contributed by atoms with Crippen LogP contribution in [0.15, 0.2) is 4.79 Å². The second-order valence-electron chi connectivity index (χ2n) is 4.83. The van der Waals surface area contributed by atoms with E-state index in [1.807, 2.05) is 0 Å². The van der Waals surface area contributed by atoms with Gasteiger partial charge in [-0.3, -0.25) is 19.4 Å². The molecule has 2 heterocycles. The minimum atomic E-state index is -0.329. The summed E-state index contributed by atoms with van der Waals surface area (Å²) in [7, 11) is 0. The van der Waals surface area contributed by atoms with Crippen molar-refractivity contribution in [2.45, 2.75) is 13.3 Å².